The summed E-state index contributed by atoms with van der Waals surface area (Å²) in [7, 11) is 0. The first kappa shape index (κ1) is 14.4. The fourth-order valence-electron chi connectivity index (χ4n) is 3.71. The Balaban J connectivity index is 1.61. The Bertz CT molecular complexity index is 820. The number of aryl methyl sites for hydroxylation is 2. The molecule has 0 saturated carbocycles. The number of hydrogen-bond acceptors (Lipinski definition) is 4. The number of fused-ring (bicyclic) bond motifs is 1. The van der Waals surface area contributed by atoms with E-state index in [1.54, 1.807) is 0 Å². The molecule has 0 radical (unpaired) electrons. The van der Waals surface area contributed by atoms with Gasteiger partial charge >= 0.3 is 0 Å². The molecule has 4 rings (SSSR count). The average molecular weight is 307 g/mol. The fraction of sp³-hybridized carbons (Fsp3) is 0.368. The summed E-state index contributed by atoms with van der Waals surface area (Å²) in [6.45, 7) is 6.03. The molecule has 1 saturated heterocycles. The van der Waals surface area contributed by atoms with Gasteiger partial charge in [-0.05, 0) is 45.4 Å². The zero-order chi connectivity index (χ0) is 15.8. The number of pyridine rings is 1. The minimum Gasteiger partial charge on any atom is -0.361 e. The van der Waals surface area contributed by atoms with Crippen molar-refractivity contribution >= 4 is 10.9 Å². The second-order valence-corrected chi connectivity index (χ2v) is 6.36. The summed E-state index contributed by atoms with van der Waals surface area (Å²) in [5, 5.41) is 5.32. The lowest BCUT2D eigenvalue weighted by molar-refractivity contribution is 0.243. The quantitative estimate of drug-likeness (QED) is 0.728. The number of likely N-dealkylation sites (tertiary alicyclic amines) is 1. The van der Waals surface area contributed by atoms with E-state index in [0.29, 0.717) is 6.04 Å². The van der Waals surface area contributed by atoms with Crippen LogP contribution in [0.15, 0.2) is 40.9 Å². The van der Waals surface area contributed by atoms with Crippen molar-refractivity contribution in [3.63, 3.8) is 0 Å². The molecule has 2 aromatic heterocycles. The molecule has 3 aromatic rings. The molecule has 1 aliphatic rings. The van der Waals surface area contributed by atoms with Crippen LogP contribution in [0, 0.1) is 13.8 Å². The second kappa shape index (κ2) is 5.78. The molecule has 0 amide bonds. The van der Waals surface area contributed by atoms with E-state index in [0.717, 1.165) is 42.2 Å². The first-order chi connectivity index (χ1) is 11.2. The van der Waals surface area contributed by atoms with Crippen LogP contribution in [-0.2, 0) is 6.54 Å². The standard InChI is InChI=1S/C19H21N3O/c1-13-19(14(2)23-21-13)18-8-5-11-22(18)12-16-10-9-15-6-3-4-7-17(15)20-16/h3-4,6-7,9-10,18H,5,8,11-12H2,1-2H3/t18-/m0/s1. The molecule has 1 fully saturated rings. The Morgan fingerprint density at radius 2 is 2.04 bits per heavy atom. The molecule has 0 bridgehead atoms. The molecule has 4 heteroatoms. The number of benzene rings is 1. The van der Waals surface area contributed by atoms with Gasteiger partial charge in [0.1, 0.15) is 5.76 Å². The van der Waals surface area contributed by atoms with Crippen LogP contribution in [0.4, 0.5) is 0 Å². The van der Waals surface area contributed by atoms with Gasteiger partial charge in [0.2, 0.25) is 0 Å². The van der Waals surface area contributed by atoms with Crippen LogP contribution >= 0.6 is 0 Å². The SMILES string of the molecule is Cc1noc(C)c1[C@@H]1CCCN1Cc1ccc2ccccc2n1. The Morgan fingerprint density at radius 3 is 2.87 bits per heavy atom. The lowest BCUT2D eigenvalue weighted by Crippen LogP contribution is -2.24. The van der Waals surface area contributed by atoms with Crippen molar-refractivity contribution in [2.24, 2.45) is 0 Å². The van der Waals surface area contributed by atoms with E-state index in [-0.39, 0.29) is 0 Å². The first-order valence-electron chi connectivity index (χ1n) is 8.24. The molecule has 118 valence electrons. The predicted octanol–water partition coefficient (Wildman–Crippen LogP) is 4.18. The Kier molecular flexibility index (Phi) is 3.62. The maximum absolute atomic E-state index is 5.37. The number of para-hydroxylation sites is 1. The van der Waals surface area contributed by atoms with Crippen LogP contribution in [-0.4, -0.2) is 21.6 Å². The third-order valence-electron chi connectivity index (χ3n) is 4.81. The van der Waals surface area contributed by atoms with Gasteiger partial charge in [0.25, 0.3) is 0 Å². The summed E-state index contributed by atoms with van der Waals surface area (Å²) in [6.07, 6.45) is 2.37. The molecule has 0 unspecified atom stereocenters. The monoisotopic (exact) mass is 307 g/mol. The van der Waals surface area contributed by atoms with Crippen molar-refractivity contribution < 1.29 is 4.52 Å². The lowest BCUT2D eigenvalue weighted by atomic mass is 10.0. The number of aromatic nitrogens is 2. The summed E-state index contributed by atoms with van der Waals surface area (Å²) in [6, 6.07) is 13.0. The zero-order valence-electron chi connectivity index (χ0n) is 13.6. The van der Waals surface area contributed by atoms with Crippen LogP contribution in [0.5, 0.6) is 0 Å². The molecule has 1 aliphatic heterocycles. The van der Waals surface area contributed by atoms with Crippen molar-refractivity contribution in [3.05, 3.63) is 59.1 Å². The highest BCUT2D eigenvalue weighted by Gasteiger charge is 2.30. The van der Waals surface area contributed by atoms with Gasteiger partial charge in [-0.3, -0.25) is 9.88 Å². The van der Waals surface area contributed by atoms with E-state index in [1.807, 2.05) is 19.9 Å². The number of rotatable bonds is 3. The highest BCUT2D eigenvalue weighted by Crippen LogP contribution is 2.36. The molecule has 0 N–H and O–H groups in total. The van der Waals surface area contributed by atoms with Gasteiger partial charge in [0, 0.05) is 23.5 Å². The summed E-state index contributed by atoms with van der Waals surface area (Å²) < 4.78 is 5.37. The Morgan fingerprint density at radius 1 is 1.17 bits per heavy atom. The van der Waals surface area contributed by atoms with Gasteiger partial charge < -0.3 is 4.52 Å². The van der Waals surface area contributed by atoms with Crippen LogP contribution in [0.1, 0.15) is 41.6 Å². The molecular weight excluding hydrogens is 286 g/mol. The van der Waals surface area contributed by atoms with Gasteiger partial charge in [-0.25, -0.2) is 0 Å². The van der Waals surface area contributed by atoms with Crippen LogP contribution in [0.25, 0.3) is 10.9 Å². The van der Waals surface area contributed by atoms with Crippen LogP contribution < -0.4 is 0 Å². The summed E-state index contributed by atoms with van der Waals surface area (Å²) >= 11 is 0. The van der Waals surface area contributed by atoms with Gasteiger partial charge in [-0.15, -0.1) is 0 Å². The van der Waals surface area contributed by atoms with Crippen molar-refractivity contribution in [2.75, 3.05) is 6.54 Å². The van der Waals surface area contributed by atoms with Crippen LogP contribution in [0.2, 0.25) is 0 Å². The first-order valence-corrected chi connectivity index (χ1v) is 8.24. The average Bonchev–Trinajstić information content (AvgIpc) is 3.13. The molecule has 23 heavy (non-hydrogen) atoms. The second-order valence-electron chi connectivity index (χ2n) is 6.36. The van der Waals surface area contributed by atoms with Crippen molar-refractivity contribution in [3.8, 4) is 0 Å². The Labute approximate surface area is 136 Å². The summed E-state index contributed by atoms with van der Waals surface area (Å²) in [4.78, 5) is 7.32. The summed E-state index contributed by atoms with van der Waals surface area (Å²) in [5.74, 6) is 0.950. The largest absolute Gasteiger partial charge is 0.361 e. The van der Waals surface area contributed by atoms with Crippen molar-refractivity contribution in [1.29, 1.82) is 0 Å². The molecular formula is C19H21N3O. The van der Waals surface area contributed by atoms with Gasteiger partial charge in [0.15, 0.2) is 0 Å². The van der Waals surface area contributed by atoms with Gasteiger partial charge in [-0.1, -0.05) is 29.4 Å². The maximum Gasteiger partial charge on any atom is 0.138 e. The molecule has 0 aliphatic carbocycles. The summed E-state index contributed by atoms with van der Waals surface area (Å²) in [5.41, 5.74) is 4.48. The third kappa shape index (κ3) is 2.63. The third-order valence-corrected chi connectivity index (χ3v) is 4.81. The minimum absolute atomic E-state index is 0.398. The normalized spacial score (nSPS) is 18.8. The van der Waals surface area contributed by atoms with E-state index in [9.17, 15) is 0 Å². The molecule has 1 aromatic carbocycles. The smallest absolute Gasteiger partial charge is 0.138 e. The fourth-order valence-corrected chi connectivity index (χ4v) is 3.71. The predicted molar refractivity (Wildman–Crippen MR) is 90.1 cm³/mol. The van der Waals surface area contributed by atoms with Crippen LogP contribution in [0.3, 0.4) is 0 Å². The highest BCUT2D eigenvalue weighted by molar-refractivity contribution is 5.78. The zero-order valence-corrected chi connectivity index (χ0v) is 13.6. The van der Waals surface area contributed by atoms with Gasteiger partial charge in [-0.2, -0.15) is 0 Å². The molecule has 4 nitrogen and oxygen atoms in total. The molecule has 3 heterocycles. The van der Waals surface area contributed by atoms with E-state index in [2.05, 4.69) is 40.4 Å². The van der Waals surface area contributed by atoms with E-state index < -0.39 is 0 Å². The molecule has 0 spiro atoms. The minimum atomic E-state index is 0.398. The number of hydrogen-bond donors (Lipinski definition) is 0. The van der Waals surface area contributed by atoms with E-state index in [1.165, 1.54) is 17.4 Å². The van der Waals surface area contributed by atoms with E-state index >= 15 is 0 Å². The molecule has 1 atom stereocenters. The van der Waals surface area contributed by atoms with E-state index in [4.69, 9.17) is 9.51 Å². The van der Waals surface area contributed by atoms with Crippen molar-refractivity contribution in [1.82, 2.24) is 15.0 Å². The Hall–Kier alpha value is -2.20. The lowest BCUT2D eigenvalue weighted by Gasteiger charge is -2.24. The number of nitrogens with zero attached hydrogens (tertiary/aromatic N) is 3. The van der Waals surface area contributed by atoms with Crippen molar-refractivity contribution in [2.45, 2.75) is 39.3 Å². The highest BCUT2D eigenvalue weighted by atomic mass is 16.5. The van der Waals surface area contributed by atoms with Gasteiger partial charge in [0.05, 0.1) is 16.9 Å². The topological polar surface area (TPSA) is 42.2 Å². The maximum atomic E-state index is 5.37.